The van der Waals surface area contributed by atoms with E-state index >= 15 is 0 Å². The van der Waals surface area contributed by atoms with E-state index in [1.54, 1.807) is 13.0 Å². The molecule has 1 fully saturated rings. The van der Waals surface area contributed by atoms with Gasteiger partial charge in [-0.2, -0.15) is 5.26 Å². The molecule has 0 unspecified atom stereocenters. The van der Waals surface area contributed by atoms with E-state index in [4.69, 9.17) is 14.8 Å². The summed E-state index contributed by atoms with van der Waals surface area (Å²) >= 11 is 0. The summed E-state index contributed by atoms with van der Waals surface area (Å²) in [5, 5.41) is 16.1. The Kier molecular flexibility index (Phi) is 6.81. The molecule has 1 heterocycles. The fraction of sp³-hybridized carbons (Fsp3) is 0.727. The van der Waals surface area contributed by atoms with E-state index in [0.29, 0.717) is 13.2 Å². The highest BCUT2D eigenvalue weighted by Gasteiger charge is 2.16. The van der Waals surface area contributed by atoms with E-state index in [1.807, 2.05) is 17.1 Å². The summed E-state index contributed by atoms with van der Waals surface area (Å²) in [6, 6.07) is 1.64. The lowest BCUT2D eigenvalue weighted by molar-refractivity contribution is -0.136. The lowest BCUT2D eigenvalue weighted by Gasteiger charge is -2.33. The number of nitriles is 1. The molecule has 1 aliphatic heterocycles. The number of esters is 1. The van der Waals surface area contributed by atoms with E-state index in [2.05, 4.69) is 9.89 Å². The first-order valence-corrected chi connectivity index (χ1v) is 6.00. The van der Waals surface area contributed by atoms with Crippen molar-refractivity contribution < 1.29 is 19.1 Å². The van der Waals surface area contributed by atoms with Gasteiger partial charge in [-0.3, -0.25) is 0 Å². The van der Waals surface area contributed by atoms with Gasteiger partial charge in [-0.1, -0.05) is 5.16 Å². The topological polar surface area (TPSA) is 87.4 Å². The van der Waals surface area contributed by atoms with Gasteiger partial charge in [-0.15, -0.1) is 0 Å². The summed E-state index contributed by atoms with van der Waals surface area (Å²) in [4.78, 5) is 16.2. The summed E-state index contributed by atoms with van der Waals surface area (Å²) in [7, 11) is 1.83. The first-order chi connectivity index (χ1) is 9.19. The van der Waals surface area contributed by atoms with Gasteiger partial charge in [0.25, 0.3) is 5.71 Å². The van der Waals surface area contributed by atoms with Crippen molar-refractivity contribution in [2.75, 3.05) is 46.7 Å². The number of hydrogen-bond donors (Lipinski definition) is 0. The van der Waals surface area contributed by atoms with Crippen molar-refractivity contribution in [3.8, 4) is 6.07 Å². The number of hydrazine groups is 1. The largest absolute Gasteiger partial charge is 0.461 e. The second kappa shape index (κ2) is 8.42. The molecule has 106 valence electrons. The van der Waals surface area contributed by atoms with Crippen LogP contribution in [0.3, 0.4) is 0 Å². The van der Waals surface area contributed by atoms with E-state index in [1.165, 1.54) is 0 Å². The molecule has 0 atom stereocenters. The van der Waals surface area contributed by atoms with Gasteiger partial charge >= 0.3 is 5.97 Å². The van der Waals surface area contributed by atoms with Crippen molar-refractivity contribution in [1.29, 1.82) is 5.26 Å². The molecular weight excluding hydrogens is 252 g/mol. The minimum absolute atomic E-state index is 0.143. The maximum Gasteiger partial charge on any atom is 0.371 e. The molecule has 1 aliphatic rings. The van der Waals surface area contributed by atoms with Gasteiger partial charge in [0.05, 0.1) is 19.8 Å². The van der Waals surface area contributed by atoms with Crippen LogP contribution in [0.5, 0.6) is 0 Å². The molecule has 0 aromatic rings. The predicted molar refractivity (Wildman–Crippen MR) is 65.8 cm³/mol. The highest BCUT2D eigenvalue weighted by molar-refractivity contribution is 6.42. The van der Waals surface area contributed by atoms with Crippen LogP contribution in [0, 0.1) is 11.3 Å². The zero-order valence-electron chi connectivity index (χ0n) is 11.2. The highest BCUT2D eigenvalue weighted by atomic mass is 16.6. The minimum Gasteiger partial charge on any atom is -0.461 e. The normalized spacial score (nSPS) is 17.1. The van der Waals surface area contributed by atoms with Crippen LogP contribution in [0.4, 0.5) is 0 Å². The third-order valence-electron chi connectivity index (χ3n) is 2.45. The van der Waals surface area contributed by atoms with Gasteiger partial charge < -0.3 is 14.3 Å². The van der Waals surface area contributed by atoms with Gasteiger partial charge in [0, 0.05) is 20.1 Å². The average molecular weight is 270 g/mol. The van der Waals surface area contributed by atoms with Crippen molar-refractivity contribution in [2.24, 2.45) is 5.16 Å². The van der Waals surface area contributed by atoms with Gasteiger partial charge in [0.15, 0.2) is 6.73 Å². The molecule has 0 aliphatic carbocycles. The van der Waals surface area contributed by atoms with E-state index in [-0.39, 0.29) is 13.3 Å². The third-order valence-corrected chi connectivity index (χ3v) is 2.45. The fourth-order valence-electron chi connectivity index (χ4n) is 1.46. The molecule has 19 heavy (non-hydrogen) atoms. The maximum atomic E-state index is 11.3. The summed E-state index contributed by atoms with van der Waals surface area (Å²) in [5.74, 6) is -0.779. The van der Waals surface area contributed by atoms with Crippen molar-refractivity contribution in [3.05, 3.63) is 0 Å². The smallest absolute Gasteiger partial charge is 0.371 e. The zero-order valence-corrected chi connectivity index (χ0v) is 11.2. The molecule has 0 radical (unpaired) electrons. The second-order valence-corrected chi connectivity index (χ2v) is 3.75. The lowest BCUT2D eigenvalue weighted by atomic mass is 10.4. The highest BCUT2D eigenvalue weighted by Crippen LogP contribution is 2.00. The number of carbonyl (C=O) groups excluding carboxylic acids is 1. The Hall–Kier alpha value is -1.69. The van der Waals surface area contributed by atoms with Crippen LogP contribution < -0.4 is 0 Å². The van der Waals surface area contributed by atoms with Crippen LogP contribution in [0.15, 0.2) is 5.16 Å². The molecule has 8 nitrogen and oxygen atoms in total. The molecule has 8 heteroatoms. The number of hydrogen-bond acceptors (Lipinski definition) is 8. The Bertz CT molecular complexity index is 360. The Morgan fingerprint density at radius 1 is 1.53 bits per heavy atom. The summed E-state index contributed by atoms with van der Waals surface area (Å²) in [5.41, 5.74) is -0.391. The van der Waals surface area contributed by atoms with Crippen LogP contribution in [-0.2, 0) is 19.1 Å². The summed E-state index contributed by atoms with van der Waals surface area (Å²) < 4.78 is 9.88. The van der Waals surface area contributed by atoms with Crippen LogP contribution in [0.1, 0.15) is 6.92 Å². The number of nitrogens with zero attached hydrogens (tertiary/aromatic N) is 4. The molecule has 0 bridgehead atoms. The Morgan fingerprint density at radius 3 is 2.79 bits per heavy atom. The minimum atomic E-state index is -0.779. The first-order valence-electron chi connectivity index (χ1n) is 6.00. The van der Waals surface area contributed by atoms with Crippen LogP contribution in [0.2, 0.25) is 0 Å². The standard InChI is InChI=1S/C11H18N4O4/c1-3-18-11(16)10(8-12)13-19-9-14(2)15-4-6-17-7-5-15/h3-7,9H2,1-2H3. The molecule has 1 saturated heterocycles. The van der Waals surface area contributed by atoms with E-state index < -0.39 is 11.7 Å². The third kappa shape index (κ3) is 5.21. The predicted octanol–water partition coefficient (Wildman–Crippen LogP) is -0.418. The molecular formula is C11H18N4O4. The molecule has 0 spiro atoms. The summed E-state index contributed by atoms with van der Waals surface area (Å²) in [6.45, 7) is 4.86. The van der Waals surface area contributed by atoms with E-state index in [9.17, 15) is 4.79 Å². The van der Waals surface area contributed by atoms with Crippen LogP contribution >= 0.6 is 0 Å². The van der Waals surface area contributed by atoms with Gasteiger partial charge in [0.1, 0.15) is 6.07 Å². The molecule has 0 aromatic carbocycles. The number of morpholine rings is 1. The van der Waals surface area contributed by atoms with Gasteiger partial charge in [-0.05, 0) is 6.92 Å². The quantitative estimate of drug-likeness (QED) is 0.280. The molecule has 0 N–H and O–H groups in total. The van der Waals surface area contributed by atoms with Crippen molar-refractivity contribution in [1.82, 2.24) is 10.0 Å². The molecule has 0 amide bonds. The molecule has 0 saturated carbocycles. The Balaban J connectivity index is 2.38. The average Bonchev–Trinajstić information content (AvgIpc) is 2.44. The van der Waals surface area contributed by atoms with Crippen LogP contribution in [-0.4, -0.2) is 68.4 Å². The van der Waals surface area contributed by atoms with Gasteiger partial charge in [-0.25, -0.2) is 14.8 Å². The Morgan fingerprint density at radius 2 is 2.21 bits per heavy atom. The maximum absolute atomic E-state index is 11.3. The molecule has 1 rings (SSSR count). The zero-order chi connectivity index (χ0) is 14.1. The van der Waals surface area contributed by atoms with Crippen molar-refractivity contribution in [3.63, 3.8) is 0 Å². The van der Waals surface area contributed by atoms with Crippen LogP contribution in [0.25, 0.3) is 0 Å². The monoisotopic (exact) mass is 270 g/mol. The first kappa shape index (κ1) is 15.4. The van der Waals surface area contributed by atoms with E-state index in [0.717, 1.165) is 13.1 Å². The van der Waals surface area contributed by atoms with Gasteiger partial charge in [0.2, 0.25) is 0 Å². The van der Waals surface area contributed by atoms with Crippen molar-refractivity contribution in [2.45, 2.75) is 6.92 Å². The number of ether oxygens (including phenoxy) is 2. The fourth-order valence-corrected chi connectivity index (χ4v) is 1.46. The van der Waals surface area contributed by atoms with Crippen molar-refractivity contribution >= 4 is 11.7 Å². The Labute approximate surface area is 112 Å². The molecule has 0 aromatic heterocycles. The number of carbonyl (C=O) groups is 1. The summed E-state index contributed by atoms with van der Waals surface area (Å²) in [6.07, 6.45) is 0. The lowest BCUT2D eigenvalue weighted by Crippen LogP contribution is -2.47. The SMILES string of the molecule is CCOC(=O)C(C#N)=NOCN(C)N1CCOCC1. The number of oxime groups is 1. The number of rotatable bonds is 6. The second-order valence-electron chi connectivity index (χ2n) is 3.75.